The largest absolute Gasteiger partial charge is 0.459 e. The second-order valence-corrected chi connectivity index (χ2v) is 10.3. The number of aromatic nitrogens is 6. The molecule has 0 atom stereocenters. The number of pyridine rings is 1. The molecule has 0 unspecified atom stereocenters. The molecular weight excluding hydrogens is 541 g/mol. The number of fused-ring (bicyclic) bond motifs is 1. The third-order valence-electron chi connectivity index (χ3n) is 7.14. The number of carbonyl (C=O) groups is 1. The summed E-state index contributed by atoms with van der Waals surface area (Å²) in [4.78, 5) is 39.3. The molecule has 0 spiro atoms. The maximum absolute atomic E-state index is 15.3. The first-order chi connectivity index (χ1) is 20.3. The van der Waals surface area contributed by atoms with Crippen LogP contribution < -0.4 is 11.3 Å². The maximum atomic E-state index is 15.3. The second-order valence-electron chi connectivity index (χ2n) is 10.3. The Morgan fingerprint density at radius 1 is 1.17 bits per heavy atom. The van der Waals surface area contributed by atoms with Gasteiger partial charge in [0.25, 0.3) is 5.56 Å². The number of carbonyl (C=O) groups excluding carboxylic acids is 1. The van der Waals surface area contributed by atoms with Crippen LogP contribution in [-0.2, 0) is 34.3 Å². The highest BCUT2D eigenvalue weighted by atomic mass is 19.1. The number of rotatable bonds is 9. The molecule has 6 rings (SSSR count). The van der Waals surface area contributed by atoms with Crippen molar-refractivity contribution >= 4 is 22.7 Å². The van der Waals surface area contributed by atoms with Gasteiger partial charge in [-0.1, -0.05) is 18.2 Å². The highest BCUT2D eigenvalue weighted by Crippen LogP contribution is 2.41. The van der Waals surface area contributed by atoms with Crippen LogP contribution >= 0.6 is 0 Å². The SMILES string of the molecule is COCC(=O)OCc1c(-c2nc(N)nc(Cc3cnn(C)c3)n2)cccc1-n1ccc2cc(C3CC3)cc(F)c2c1=O. The Hall–Kier alpha value is -4.97. The molecule has 3 aromatic heterocycles. The lowest BCUT2D eigenvalue weighted by molar-refractivity contribution is -0.149. The van der Waals surface area contributed by atoms with Gasteiger partial charge in [0.15, 0.2) is 5.82 Å². The van der Waals surface area contributed by atoms with E-state index in [-0.39, 0.29) is 30.4 Å². The van der Waals surface area contributed by atoms with Crippen molar-refractivity contribution in [3.63, 3.8) is 0 Å². The number of hydrogen-bond donors (Lipinski definition) is 1. The smallest absolute Gasteiger partial charge is 0.332 e. The molecule has 0 saturated heterocycles. The summed E-state index contributed by atoms with van der Waals surface area (Å²) in [6.07, 6.45) is 7.55. The Morgan fingerprint density at radius 2 is 2.00 bits per heavy atom. The number of nitrogens with zero attached hydrogens (tertiary/aromatic N) is 6. The molecule has 5 aromatic rings. The van der Waals surface area contributed by atoms with E-state index in [2.05, 4.69) is 20.1 Å². The minimum absolute atomic E-state index is 0.00281. The number of hydrogen-bond acceptors (Lipinski definition) is 9. The monoisotopic (exact) mass is 569 g/mol. The van der Waals surface area contributed by atoms with Gasteiger partial charge >= 0.3 is 5.97 Å². The zero-order chi connectivity index (χ0) is 29.4. The number of nitrogens with two attached hydrogens (primary N) is 1. The zero-order valence-corrected chi connectivity index (χ0v) is 23.1. The van der Waals surface area contributed by atoms with Crippen molar-refractivity contribution in [2.45, 2.75) is 31.8 Å². The minimum Gasteiger partial charge on any atom is -0.459 e. The molecule has 3 heterocycles. The average molecular weight is 570 g/mol. The summed E-state index contributed by atoms with van der Waals surface area (Å²) in [6.45, 7) is -0.485. The van der Waals surface area contributed by atoms with E-state index in [1.807, 2.05) is 19.3 Å². The summed E-state index contributed by atoms with van der Waals surface area (Å²) in [6, 6.07) is 10.2. The fourth-order valence-electron chi connectivity index (χ4n) is 5.05. The van der Waals surface area contributed by atoms with Crippen LogP contribution in [0.4, 0.5) is 10.3 Å². The van der Waals surface area contributed by atoms with Crippen LogP contribution in [0.2, 0.25) is 0 Å². The number of nitrogen functional groups attached to an aromatic ring is 1. The first-order valence-corrected chi connectivity index (χ1v) is 13.4. The fraction of sp³-hybridized carbons (Fsp3) is 0.267. The number of halogens is 1. The number of benzene rings is 2. The predicted octanol–water partition coefficient (Wildman–Crippen LogP) is 3.46. The van der Waals surface area contributed by atoms with Crippen LogP contribution in [0.1, 0.15) is 41.3 Å². The van der Waals surface area contributed by atoms with Crippen LogP contribution in [0.15, 0.2) is 59.8 Å². The van der Waals surface area contributed by atoms with Crippen molar-refractivity contribution in [2.24, 2.45) is 7.05 Å². The molecular formula is C30H28FN7O4. The van der Waals surface area contributed by atoms with Crippen LogP contribution in [0, 0.1) is 5.82 Å². The normalized spacial score (nSPS) is 13.0. The number of esters is 1. The van der Waals surface area contributed by atoms with Crippen molar-refractivity contribution in [3.05, 3.63) is 93.7 Å². The van der Waals surface area contributed by atoms with Gasteiger partial charge in [0.1, 0.15) is 24.9 Å². The van der Waals surface area contributed by atoms with E-state index in [1.54, 1.807) is 41.3 Å². The maximum Gasteiger partial charge on any atom is 0.332 e. The standard InChI is InChI=1S/C30H28FN7O4/c1-37-14-17(13-33-37)10-25-34-28(36-30(32)35-25)21-4-3-5-24(22(21)15-42-26(39)16-41-2)38-9-8-19-11-20(18-6-7-18)12-23(31)27(19)29(38)40/h3-5,8-9,11-14,18H,6-7,10,15-16H2,1-2H3,(H2,32,34,35,36). The number of anilines is 1. The molecule has 0 radical (unpaired) electrons. The van der Waals surface area contributed by atoms with Crippen molar-refractivity contribution in [1.82, 2.24) is 29.3 Å². The van der Waals surface area contributed by atoms with E-state index >= 15 is 4.39 Å². The molecule has 214 valence electrons. The second kappa shape index (κ2) is 11.1. The van der Waals surface area contributed by atoms with Gasteiger partial charge in [-0.2, -0.15) is 15.1 Å². The van der Waals surface area contributed by atoms with Crippen molar-refractivity contribution in [2.75, 3.05) is 19.5 Å². The van der Waals surface area contributed by atoms with Gasteiger partial charge in [-0.05, 0) is 53.5 Å². The van der Waals surface area contributed by atoms with Crippen molar-refractivity contribution in [1.29, 1.82) is 0 Å². The fourth-order valence-corrected chi connectivity index (χ4v) is 5.05. The number of methoxy groups -OCH3 is 1. The van der Waals surface area contributed by atoms with Crippen LogP contribution in [0.5, 0.6) is 0 Å². The van der Waals surface area contributed by atoms with Gasteiger partial charge in [-0.25, -0.2) is 14.2 Å². The lowest BCUT2D eigenvalue weighted by Gasteiger charge is -2.17. The summed E-state index contributed by atoms with van der Waals surface area (Å²) < 4.78 is 28.7. The zero-order valence-electron chi connectivity index (χ0n) is 23.1. The van der Waals surface area contributed by atoms with Gasteiger partial charge in [-0.15, -0.1) is 0 Å². The lowest BCUT2D eigenvalue weighted by atomic mass is 10.0. The van der Waals surface area contributed by atoms with E-state index in [1.165, 1.54) is 17.7 Å². The molecule has 0 amide bonds. The summed E-state index contributed by atoms with van der Waals surface area (Å²) in [5, 5.41) is 4.70. The van der Waals surface area contributed by atoms with Crippen LogP contribution in [0.3, 0.4) is 0 Å². The third kappa shape index (κ3) is 5.48. The van der Waals surface area contributed by atoms with Gasteiger partial charge in [0, 0.05) is 44.1 Å². The molecule has 12 heteroatoms. The van der Waals surface area contributed by atoms with E-state index in [0.717, 1.165) is 24.0 Å². The van der Waals surface area contributed by atoms with Gasteiger partial charge in [0.2, 0.25) is 5.95 Å². The first-order valence-electron chi connectivity index (χ1n) is 13.4. The van der Waals surface area contributed by atoms with Gasteiger partial charge in [-0.3, -0.25) is 14.0 Å². The quantitative estimate of drug-likeness (QED) is 0.264. The predicted molar refractivity (Wildman–Crippen MR) is 152 cm³/mol. The molecule has 1 fully saturated rings. The minimum atomic E-state index is -0.602. The molecule has 0 bridgehead atoms. The van der Waals surface area contributed by atoms with E-state index in [0.29, 0.717) is 40.4 Å². The highest BCUT2D eigenvalue weighted by molar-refractivity contribution is 5.83. The first kappa shape index (κ1) is 27.2. The summed E-state index contributed by atoms with van der Waals surface area (Å²) >= 11 is 0. The topological polar surface area (TPSA) is 140 Å². The summed E-state index contributed by atoms with van der Waals surface area (Å²) in [5.74, 6) is -0.182. The van der Waals surface area contributed by atoms with E-state index in [4.69, 9.17) is 15.2 Å². The van der Waals surface area contributed by atoms with Crippen molar-refractivity contribution in [3.8, 4) is 17.1 Å². The molecule has 0 aliphatic heterocycles. The third-order valence-corrected chi connectivity index (χ3v) is 7.14. The van der Waals surface area contributed by atoms with Crippen LogP contribution in [-0.4, -0.2) is 49.0 Å². The highest BCUT2D eigenvalue weighted by Gasteiger charge is 2.26. The van der Waals surface area contributed by atoms with Crippen LogP contribution in [0.25, 0.3) is 27.8 Å². The summed E-state index contributed by atoms with van der Waals surface area (Å²) in [7, 11) is 3.20. The van der Waals surface area contributed by atoms with Crippen molar-refractivity contribution < 1.29 is 18.7 Å². The summed E-state index contributed by atoms with van der Waals surface area (Å²) in [5.41, 5.74) is 8.59. The molecule has 11 nitrogen and oxygen atoms in total. The Labute approximate surface area is 239 Å². The molecule has 1 saturated carbocycles. The number of ether oxygens (including phenoxy) is 2. The molecule has 2 aromatic carbocycles. The Bertz CT molecular complexity index is 1880. The van der Waals surface area contributed by atoms with E-state index in [9.17, 15) is 9.59 Å². The lowest BCUT2D eigenvalue weighted by Crippen LogP contribution is -2.21. The molecule has 42 heavy (non-hydrogen) atoms. The molecule has 1 aliphatic carbocycles. The van der Waals surface area contributed by atoms with E-state index < -0.39 is 17.3 Å². The van der Waals surface area contributed by atoms with Gasteiger partial charge in [0.05, 0.1) is 17.3 Å². The average Bonchev–Trinajstić information content (AvgIpc) is 3.73. The molecule has 1 aliphatic rings. The Balaban J connectivity index is 1.48. The Morgan fingerprint density at radius 3 is 2.74 bits per heavy atom. The Kier molecular flexibility index (Phi) is 7.21. The van der Waals surface area contributed by atoms with Gasteiger partial charge < -0.3 is 15.2 Å². The number of aryl methyl sites for hydroxylation is 1. The molecule has 2 N–H and O–H groups in total.